The molecule has 1 N–H and O–H groups in total. The van der Waals surface area contributed by atoms with Crippen LogP contribution in [0.3, 0.4) is 0 Å². The number of carbonyl (C=O) groups is 2. The number of alkyl carbamates (subject to hydrolysis) is 1. The summed E-state index contributed by atoms with van der Waals surface area (Å²) in [5, 5.41) is 1.92. The predicted molar refractivity (Wildman–Crippen MR) is 76.7 cm³/mol. The van der Waals surface area contributed by atoms with E-state index < -0.39 is 34.1 Å². The average Bonchev–Trinajstić information content (AvgIpc) is 2.40. The fourth-order valence-electron chi connectivity index (χ4n) is 1.47. The molecule has 0 atom stereocenters. The summed E-state index contributed by atoms with van der Waals surface area (Å²) >= 11 is 0. The van der Waals surface area contributed by atoms with Crippen molar-refractivity contribution in [2.24, 2.45) is 0 Å². The predicted octanol–water partition coefficient (Wildman–Crippen LogP) is -0.629. The third-order valence-corrected chi connectivity index (χ3v) is 4.36. The first-order valence-electron chi connectivity index (χ1n) is 6.28. The Morgan fingerprint density at radius 2 is 1.95 bits per heavy atom. The second kappa shape index (κ2) is 7.18. The molecule has 122 valence electrons. The normalized spacial score (nSPS) is 11.3. The molecule has 0 saturated heterocycles. The van der Waals surface area contributed by atoms with E-state index in [2.05, 4.69) is 4.74 Å². The first kappa shape index (κ1) is 17.9. The van der Waals surface area contributed by atoms with Crippen molar-refractivity contribution in [1.82, 2.24) is 14.2 Å². The molecule has 1 aromatic rings. The van der Waals surface area contributed by atoms with E-state index in [0.717, 1.165) is 27.2 Å². The molecule has 0 radical (unpaired) electrons. The molecule has 0 saturated carbocycles. The van der Waals surface area contributed by atoms with Crippen molar-refractivity contribution in [2.45, 2.75) is 18.4 Å². The Bertz CT molecular complexity index is 723. The van der Waals surface area contributed by atoms with Crippen LogP contribution in [0.15, 0.2) is 28.0 Å². The van der Waals surface area contributed by atoms with Gasteiger partial charge in [0.05, 0.1) is 11.5 Å². The molecular formula is C12H17N3O6S. The van der Waals surface area contributed by atoms with Gasteiger partial charge in [0, 0.05) is 26.4 Å². The van der Waals surface area contributed by atoms with Crippen molar-refractivity contribution in [2.75, 3.05) is 20.7 Å². The Morgan fingerprint density at radius 1 is 1.32 bits per heavy atom. The number of hydrogen-bond donors (Lipinski definition) is 1. The molecular weight excluding hydrogens is 314 g/mol. The summed E-state index contributed by atoms with van der Waals surface area (Å²) in [6, 6.07) is 2.19. The van der Waals surface area contributed by atoms with Gasteiger partial charge in [-0.3, -0.25) is 14.9 Å². The number of pyridine rings is 1. The second-order valence-corrected chi connectivity index (χ2v) is 6.54. The number of nitrogens with zero attached hydrogens (tertiary/aromatic N) is 2. The highest BCUT2D eigenvalue weighted by Gasteiger charge is 2.19. The lowest BCUT2D eigenvalue weighted by Gasteiger charge is -2.13. The van der Waals surface area contributed by atoms with Crippen LogP contribution in [-0.2, 0) is 26.1 Å². The molecule has 1 aromatic heterocycles. The smallest absolute Gasteiger partial charge is 0.413 e. The van der Waals surface area contributed by atoms with E-state index >= 15 is 0 Å². The summed E-state index contributed by atoms with van der Waals surface area (Å²) in [6.07, 6.45) is 0.111. The van der Waals surface area contributed by atoms with Crippen molar-refractivity contribution in [1.29, 1.82) is 0 Å². The van der Waals surface area contributed by atoms with Gasteiger partial charge in [0.25, 0.3) is 5.56 Å². The van der Waals surface area contributed by atoms with Crippen molar-refractivity contribution in [3.8, 4) is 0 Å². The summed E-state index contributed by atoms with van der Waals surface area (Å²) in [4.78, 5) is 34.2. The molecule has 0 unspecified atom stereocenters. The van der Waals surface area contributed by atoms with E-state index in [1.54, 1.807) is 6.92 Å². The van der Waals surface area contributed by atoms with E-state index in [4.69, 9.17) is 0 Å². The minimum atomic E-state index is -3.73. The lowest BCUT2D eigenvalue weighted by molar-refractivity contribution is -0.121. The van der Waals surface area contributed by atoms with Gasteiger partial charge in [-0.1, -0.05) is 0 Å². The topological polar surface area (TPSA) is 115 Å². The Hall–Kier alpha value is -2.20. The van der Waals surface area contributed by atoms with Crippen molar-refractivity contribution < 1.29 is 22.7 Å². The van der Waals surface area contributed by atoms with E-state index in [0.29, 0.717) is 0 Å². The van der Waals surface area contributed by atoms with Gasteiger partial charge in [-0.15, -0.1) is 0 Å². The molecule has 0 aromatic carbocycles. The van der Waals surface area contributed by atoms with Crippen LogP contribution in [0, 0.1) is 0 Å². The van der Waals surface area contributed by atoms with Crippen LogP contribution in [0.2, 0.25) is 0 Å². The molecule has 10 heteroatoms. The Morgan fingerprint density at radius 3 is 2.50 bits per heavy atom. The number of ether oxygens (including phenoxy) is 1. The third-order valence-electron chi connectivity index (χ3n) is 2.57. The molecule has 0 aliphatic rings. The number of sulfonamides is 1. The molecule has 0 spiro atoms. The highest BCUT2D eigenvalue weighted by atomic mass is 32.2. The lowest BCUT2D eigenvalue weighted by Crippen LogP contribution is -2.36. The van der Waals surface area contributed by atoms with Gasteiger partial charge in [-0.05, 0) is 13.0 Å². The molecule has 0 fully saturated rings. The number of amides is 2. The average molecular weight is 331 g/mol. The SMILES string of the molecule is CCOC(=O)NC(=O)Cn1cc(S(=O)(=O)N(C)C)ccc1=O. The van der Waals surface area contributed by atoms with Gasteiger partial charge in [0.15, 0.2) is 0 Å². The standard InChI is InChI=1S/C12H17N3O6S/c1-4-21-12(18)13-10(16)8-15-7-9(5-6-11(15)17)22(19,20)14(2)3/h5-7H,4,8H2,1-3H3,(H,13,16,18). The minimum absolute atomic E-state index is 0.0929. The van der Waals surface area contributed by atoms with Crippen LogP contribution in [-0.4, -0.2) is 50.0 Å². The summed E-state index contributed by atoms with van der Waals surface area (Å²) in [5.41, 5.74) is -0.572. The molecule has 22 heavy (non-hydrogen) atoms. The van der Waals surface area contributed by atoms with Crippen LogP contribution < -0.4 is 10.9 Å². The van der Waals surface area contributed by atoms with Gasteiger partial charge in [0.2, 0.25) is 15.9 Å². The number of hydrogen-bond acceptors (Lipinski definition) is 6. The van der Waals surface area contributed by atoms with Gasteiger partial charge < -0.3 is 9.30 Å². The van der Waals surface area contributed by atoms with E-state index in [1.165, 1.54) is 14.1 Å². The highest BCUT2D eigenvalue weighted by molar-refractivity contribution is 7.89. The Kier molecular flexibility index (Phi) is 5.83. The van der Waals surface area contributed by atoms with Crippen LogP contribution in [0.25, 0.3) is 0 Å². The molecule has 2 amide bonds. The maximum absolute atomic E-state index is 12.0. The fraction of sp³-hybridized carbons (Fsp3) is 0.417. The summed E-state index contributed by atoms with van der Waals surface area (Å²) in [6.45, 7) is 1.16. The van der Waals surface area contributed by atoms with E-state index in [1.807, 2.05) is 5.32 Å². The first-order chi connectivity index (χ1) is 10.2. The fourth-order valence-corrected chi connectivity index (χ4v) is 2.39. The van der Waals surface area contributed by atoms with E-state index in [-0.39, 0.29) is 11.5 Å². The first-order valence-corrected chi connectivity index (χ1v) is 7.72. The quantitative estimate of drug-likeness (QED) is 0.768. The molecule has 1 heterocycles. The monoisotopic (exact) mass is 331 g/mol. The number of aromatic nitrogens is 1. The number of rotatable bonds is 5. The van der Waals surface area contributed by atoms with Crippen LogP contribution in [0.1, 0.15) is 6.92 Å². The lowest BCUT2D eigenvalue weighted by atomic mass is 10.4. The zero-order valence-corrected chi connectivity index (χ0v) is 13.2. The van der Waals surface area contributed by atoms with Crippen molar-refractivity contribution >= 4 is 22.0 Å². The molecule has 0 bridgehead atoms. The highest BCUT2D eigenvalue weighted by Crippen LogP contribution is 2.10. The molecule has 1 rings (SSSR count). The third kappa shape index (κ3) is 4.40. The number of carbonyl (C=O) groups excluding carboxylic acids is 2. The Balaban J connectivity index is 2.99. The zero-order chi connectivity index (χ0) is 16.9. The largest absolute Gasteiger partial charge is 0.450 e. The summed E-state index contributed by atoms with van der Waals surface area (Å²) in [7, 11) is -1.04. The Labute approximate surface area is 127 Å². The van der Waals surface area contributed by atoms with Gasteiger partial charge in [0.1, 0.15) is 6.54 Å². The number of nitrogens with one attached hydrogen (secondary N) is 1. The van der Waals surface area contributed by atoms with Gasteiger partial charge in [-0.2, -0.15) is 0 Å². The van der Waals surface area contributed by atoms with Crippen molar-refractivity contribution in [3.63, 3.8) is 0 Å². The second-order valence-electron chi connectivity index (χ2n) is 4.39. The van der Waals surface area contributed by atoms with Gasteiger partial charge >= 0.3 is 6.09 Å². The maximum Gasteiger partial charge on any atom is 0.413 e. The van der Waals surface area contributed by atoms with Crippen LogP contribution >= 0.6 is 0 Å². The zero-order valence-electron chi connectivity index (χ0n) is 12.4. The molecule has 9 nitrogen and oxygen atoms in total. The van der Waals surface area contributed by atoms with Crippen molar-refractivity contribution in [3.05, 3.63) is 28.7 Å². The minimum Gasteiger partial charge on any atom is -0.450 e. The summed E-state index contributed by atoms with van der Waals surface area (Å²) in [5.74, 6) is -0.792. The molecule has 0 aliphatic heterocycles. The van der Waals surface area contributed by atoms with Crippen LogP contribution in [0.5, 0.6) is 0 Å². The number of imide groups is 1. The molecule has 0 aliphatic carbocycles. The summed E-state index contributed by atoms with van der Waals surface area (Å²) < 4.78 is 30.4. The maximum atomic E-state index is 12.0. The van der Waals surface area contributed by atoms with E-state index in [9.17, 15) is 22.8 Å². The van der Waals surface area contributed by atoms with Crippen LogP contribution in [0.4, 0.5) is 4.79 Å². The van der Waals surface area contributed by atoms with Gasteiger partial charge in [-0.25, -0.2) is 17.5 Å².